The molecule has 580 valence electrons. The fraction of sp³-hybridized carbons (Fsp3) is 0.693. The number of esters is 3. The van der Waals surface area contributed by atoms with Crippen LogP contribution in [0.15, 0.2) is 46.9 Å². The number of ether oxygens (including phenoxy) is 4. The van der Waals surface area contributed by atoms with Gasteiger partial charge in [-0.25, -0.2) is 9.59 Å². The van der Waals surface area contributed by atoms with Crippen LogP contribution in [0.1, 0.15) is 212 Å². The van der Waals surface area contributed by atoms with Crippen LogP contribution in [-0.4, -0.2) is 246 Å². The maximum absolute atomic E-state index is 14.5. The minimum absolute atomic E-state index is 0.00452. The average molecular weight is 1620 g/mol. The summed E-state index contributed by atoms with van der Waals surface area (Å²) < 4.78 is 27.5. The first-order valence-corrected chi connectivity index (χ1v) is 45.2. The van der Waals surface area contributed by atoms with Crippen LogP contribution < -0.4 is 24.8 Å². The number of carboxylic acids is 2. The molecule has 1 aliphatic rings. The molecule has 6 N–H and O–H groups in total. The summed E-state index contributed by atoms with van der Waals surface area (Å²) in [5, 5.41) is 29.2. The number of hydrogen-bond acceptors (Lipinski definition) is 19. The number of benzene rings is 2. The summed E-state index contributed by atoms with van der Waals surface area (Å²) in [7, 11) is 0. The number of ketones is 1. The van der Waals surface area contributed by atoms with Gasteiger partial charge in [-0.1, -0.05) is 28.1 Å². The third-order valence-corrected chi connectivity index (χ3v) is 33.4. The molecule has 1 saturated heterocycles. The van der Waals surface area contributed by atoms with E-state index in [2.05, 4.69) is 58.0 Å². The van der Waals surface area contributed by atoms with Crippen LogP contribution in [0.4, 0.5) is 4.79 Å². The molecule has 0 aromatic heterocycles. The second-order valence-electron chi connectivity index (χ2n) is 30.0. The molecule has 2 aromatic carbocycles. The number of urea groups is 1. The van der Waals surface area contributed by atoms with Gasteiger partial charge in [0, 0.05) is 56.6 Å². The van der Waals surface area contributed by atoms with Gasteiger partial charge < -0.3 is 39.8 Å². The van der Waals surface area contributed by atoms with Crippen molar-refractivity contribution in [1.29, 1.82) is 0 Å². The number of carboxylic acid groups (broad SMARTS) is 2. The molecule has 0 spiro atoms. The van der Waals surface area contributed by atoms with E-state index in [1.165, 1.54) is 0 Å². The molecule has 2 aromatic rings. The van der Waals surface area contributed by atoms with Crippen molar-refractivity contribution in [1.82, 2.24) is 45.8 Å². The summed E-state index contributed by atoms with van der Waals surface area (Å²) in [6.45, 7) is 27.4. The molecule has 1 fully saturated rings. The molecular weight excluding hydrogens is 1500 g/mol. The Morgan fingerprint density at radius 1 is 0.553 bits per heavy atom. The Labute approximate surface area is 624 Å². The van der Waals surface area contributed by atoms with Crippen LogP contribution in [0.2, 0.25) is 13.3 Å². The van der Waals surface area contributed by atoms with Gasteiger partial charge >= 0.3 is 301 Å². The van der Waals surface area contributed by atoms with Gasteiger partial charge in [0.2, 0.25) is 0 Å². The fourth-order valence-corrected chi connectivity index (χ4v) is 28.4. The molecule has 28 heteroatoms. The van der Waals surface area contributed by atoms with E-state index < -0.39 is 89.7 Å². The molecule has 0 radical (unpaired) electrons. The monoisotopic (exact) mass is 1620 g/mol. The molecule has 0 bridgehead atoms. The number of halogens is 1. The number of carbonyl (C=O) groups excluding carboxylic acids is 9. The van der Waals surface area contributed by atoms with Gasteiger partial charge in [0.15, 0.2) is 6.23 Å². The third kappa shape index (κ3) is 39.6. The fourth-order valence-electron chi connectivity index (χ4n) is 12.1. The van der Waals surface area contributed by atoms with E-state index in [0.29, 0.717) is 109 Å². The summed E-state index contributed by atoms with van der Waals surface area (Å²) in [6.07, 6.45) is 6.86. The van der Waals surface area contributed by atoms with Gasteiger partial charge in [-0.2, -0.15) is 0 Å². The first kappa shape index (κ1) is 90.9. The van der Waals surface area contributed by atoms with Crippen LogP contribution in [0.5, 0.6) is 0 Å². The molecule has 0 aliphatic carbocycles. The predicted octanol–water partition coefficient (Wildman–Crippen LogP) is 9.05. The number of amides is 5. The van der Waals surface area contributed by atoms with Crippen LogP contribution in [0.3, 0.4) is 0 Å². The summed E-state index contributed by atoms with van der Waals surface area (Å²) >= 11 is 0.166. The van der Waals surface area contributed by atoms with E-state index in [-0.39, 0.29) is 94.9 Å². The van der Waals surface area contributed by atoms with Crippen molar-refractivity contribution in [3.05, 3.63) is 63.6 Å². The molecule has 26 nitrogen and oxygen atoms in total. The van der Waals surface area contributed by atoms with Crippen LogP contribution >= 0.6 is 15.9 Å². The SMILES string of the molecule is CCC[CH2][Sn]([CH2]CCC)([CH2]CCC)[c]1cc(C(=O)NCCCCC(=O)N(CCCC[C@H](NC(=O)N[C@@H](CCC(=O)O)C(=O)O)OC=O)Cc2ccc(Br)cc2)cc(C(=O)NCCCC(=O)CN2CCN(CC(=O)OC(C)(C)C)CCN(CC(=O)OC(C)(C)C)CCN(CC(=O)OC(C)(C)C)CC2)c1. The van der Waals surface area contributed by atoms with Crippen LogP contribution in [0.25, 0.3) is 0 Å². The molecular formula is C75H122BrN9O17Sn. The van der Waals surface area contributed by atoms with Gasteiger partial charge in [0.1, 0.15) is 22.8 Å². The van der Waals surface area contributed by atoms with Gasteiger partial charge in [-0.3, -0.25) is 38.7 Å². The van der Waals surface area contributed by atoms with Crippen molar-refractivity contribution in [2.45, 2.75) is 235 Å². The number of aliphatic carboxylic acids is 2. The zero-order valence-corrected chi connectivity index (χ0v) is 68.1. The summed E-state index contributed by atoms with van der Waals surface area (Å²) in [6, 6.07) is 10.9. The molecule has 5 amide bonds. The molecule has 2 atom stereocenters. The minimum atomic E-state index is -3.30. The number of nitrogens with zero attached hydrogens (tertiary/aromatic N) is 5. The van der Waals surface area contributed by atoms with Gasteiger partial charge in [0.25, 0.3) is 6.47 Å². The van der Waals surface area contributed by atoms with Crippen LogP contribution in [0, 0.1) is 0 Å². The summed E-state index contributed by atoms with van der Waals surface area (Å²) in [4.78, 5) is 153. The second-order valence-corrected chi connectivity index (χ2v) is 44.1. The van der Waals surface area contributed by atoms with Crippen LogP contribution in [-0.2, 0) is 63.8 Å². The number of Topliss-reactive ketones (excluding diaryl/α,β-unsaturated/α-hetero) is 1. The first-order valence-electron chi connectivity index (χ1n) is 37.0. The predicted molar refractivity (Wildman–Crippen MR) is 401 cm³/mol. The summed E-state index contributed by atoms with van der Waals surface area (Å²) in [5.74, 6) is -4.67. The van der Waals surface area contributed by atoms with Gasteiger partial charge in [0.05, 0.1) is 19.6 Å². The Balaban J connectivity index is 1.81. The quantitative estimate of drug-likeness (QED) is 0.00899. The number of rotatable bonds is 44. The van der Waals surface area contributed by atoms with Crippen molar-refractivity contribution >= 4 is 104 Å². The molecule has 103 heavy (non-hydrogen) atoms. The Hall–Kier alpha value is -6.27. The third-order valence-electron chi connectivity index (χ3n) is 17.3. The van der Waals surface area contributed by atoms with Crippen molar-refractivity contribution in [3.8, 4) is 0 Å². The van der Waals surface area contributed by atoms with Gasteiger partial charge in [-0.15, -0.1) is 0 Å². The zero-order valence-electron chi connectivity index (χ0n) is 63.7. The molecule has 1 aliphatic heterocycles. The van der Waals surface area contributed by atoms with E-state index in [4.69, 9.17) is 24.1 Å². The second kappa shape index (κ2) is 47.3. The van der Waals surface area contributed by atoms with E-state index in [0.717, 1.165) is 65.5 Å². The average Bonchev–Trinajstić information content (AvgIpc) is 0.787. The molecule has 1 heterocycles. The zero-order chi connectivity index (χ0) is 76.8. The molecule has 0 saturated carbocycles. The molecule has 3 rings (SSSR count). The Morgan fingerprint density at radius 3 is 1.42 bits per heavy atom. The number of unbranched alkanes of at least 4 members (excludes halogenated alkanes) is 5. The first-order chi connectivity index (χ1) is 48.5. The van der Waals surface area contributed by atoms with E-state index >= 15 is 0 Å². The van der Waals surface area contributed by atoms with Crippen molar-refractivity contribution < 1.29 is 81.9 Å². The number of nitrogens with one attached hydrogen (secondary N) is 4. The van der Waals surface area contributed by atoms with Gasteiger partial charge in [-0.05, 0) is 99.3 Å². The Morgan fingerprint density at radius 2 is 1.00 bits per heavy atom. The topological polar surface area (TPSA) is 329 Å². The van der Waals surface area contributed by atoms with E-state index in [9.17, 15) is 57.8 Å². The summed E-state index contributed by atoms with van der Waals surface area (Å²) in [5.41, 5.74) is -0.436. The van der Waals surface area contributed by atoms with E-state index in [1.54, 1.807) is 11.0 Å². The van der Waals surface area contributed by atoms with Crippen molar-refractivity contribution in [2.75, 3.05) is 98.2 Å². The van der Waals surface area contributed by atoms with Crippen molar-refractivity contribution in [2.24, 2.45) is 0 Å². The number of carbonyl (C=O) groups is 11. The number of hydrogen-bond donors (Lipinski definition) is 6. The molecule has 0 unspecified atom stereocenters. The Bertz CT molecular complexity index is 2940. The normalized spacial score (nSPS) is 14.7. The standard InChI is InChI=1S/C63H95BrN9O17.3C4H9.Sn/c1-61(2,3)88-54(79)41-70-32-30-69(31-33-71(42-55(80)89-62(4,5)6)35-37-72(36-34-70)43-56(81)90-63(7,8)9)40-49(75)18-15-28-66-58(83)47-17-14-16-46(38-47)57(82)65-27-12-10-20-52(76)73(39-45-21-23-48(64)24-22-45)29-13-11-19-51(87-44-74)68-60(86)67-50(59(84)85)25-26-53(77)78;3*1-3-4-2;/h16-17,21-24,38,44,50-51H,10-13,15,18-20,25-37,39-43H2,1-9H3,(H,65,82)(H,66,83)(H,77,78)(H,84,85)(H2,67,68,86);3*1,3-4H2,2H3;/t50-,51+;;;;/m0..../s1. The maximum atomic E-state index is 14.5. The Kier molecular flexibility index (Phi) is 41.8. The van der Waals surface area contributed by atoms with Crippen molar-refractivity contribution in [3.63, 3.8) is 0 Å². The van der Waals surface area contributed by atoms with E-state index in [1.807, 2.05) is 118 Å².